The predicted octanol–water partition coefficient (Wildman–Crippen LogP) is 3.13. The van der Waals surface area contributed by atoms with Gasteiger partial charge in [-0.05, 0) is 0 Å². The Hall–Kier alpha value is 0.340. The van der Waals surface area contributed by atoms with Crippen LogP contribution in [0.25, 0.3) is 0 Å². The lowest BCUT2D eigenvalue weighted by atomic mass is 11.6. The number of hydrogen-bond donors (Lipinski definition) is 0. The van der Waals surface area contributed by atoms with Crippen molar-refractivity contribution in [2.45, 2.75) is 0 Å². The van der Waals surface area contributed by atoms with Gasteiger partial charge in [0.25, 0.3) is 0 Å². The van der Waals surface area contributed by atoms with Crippen LogP contribution in [-0.2, 0) is 4.57 Å². The van der Waals surface area contributed by atoms with E-state index < -0.39 is 21.0 Å². The summed E-state index contributed by atoms with van der Waals surface area (Å²) in [5.41, 5.74) is 0. The molecule has 0 aliphatic carbocycles. The number of halogens is 4. The van der Waals surface area contributed by atoms with Crippen LogP contribution in [0.15, 0.2) is 0 Å². The maximum Gasteiger partial charge on any atom is 0.490 e. The normalized spacial score (nSPS) is 13.2. The average Bonchev–Trinajstić information content (AvgIpc) is 1.62. The molecule has 0 radical (unpaired) electrons. The lowest BCUT2D eigenvalue weighted by molar-refractivity contribution is 0.442. The maximum absolute atomic E-state index is 11.4. The van der Waals surface area contributed by atoms with Crippen LogP contribution in [-0.4, -0.2) is 11.5 Å². The van der Waals surface area contributed by atoms with Gasteiger partial charge in [-0.3, -0.25) is 0 Å². The Bertz CT molecular complexity index is 133. The van der Waals surface area contributed by atoms with E-state index in [0.29, 0.717) is 7.05 Å². The van der Waals surface area contributed by atoms with Gasteiger partial charge in [0.1, 0.15) is 0 Å². The summed E-state index contributed by atoms with van der Waals surface area (Å²) in [6, 6.07) is 0. The topological polar surface area (TPSA) is 20.3 Å². The van der Waals surface area contributed by atoms with Crippen molar-refractivity contribution in [2.75, 3.05) is 7.05 Å². The molecule has 0 heterocycles. The molecule has 0 aromatic rings. The van der Waals surface area contributed by atoms with Crippen LogP contribution in [0.2, 0.25) is 0 Å². The Kier molecular flexibility index (Phi) is 3.06. The van der Waals surface area contributed by atoms with Crippen LogP contribution in [0.4, 0.5) is 16.8 Å². The quantitative estimate of drug-likeness (QED) is 0.484. The van der Waals surface area contributed by atoms with Crippen LogP contribution in [0.5, 0.6) is 0 Å². The number of nitrogens with zero attached hydrogens (tertiary/aromatic N) is 1. The Balaban J connectivity index is 4.05. The van der Waals surface area contributed by atoms with Crippen molar-refractivity contribution in [1.29, 1.82) is 0 Å². The molecular weight excluding hydrogens is 180 g/mol. The molecule has 0 aromatic carbocycles. The highest BCUT2D eigenvalue weighted by Gasteiger charge is 2.34. The third-order valence-electron chi connectivity index (χ3n) is 0.556. The molecule has 0 aromatic heterocycles. The van der Waals surface area contributed by atoms with Crippen LogP contribution in [0.1, 0.15) is 0 Å². The minimum absolute atomic E-state index is 0.423. The molecule has 0 unspecified atom stereocenters. The molecule has 0 aliphatic rings. The van der Waals surface area contributed by atoms with Crippen molar-refractivity contribution in [3.05, 3.63) is 0 Å². The van der Waals surface area contributed by atoms with E-state index >= 15 is 0 Å². The standard InChI is InChI=1S/CH3F4NOP2/c1-6(8(2)3)9(4,5)7/h1H3. The first kappa shape index (κ1) is 9.34. The van der Waals surface area contributed by atoms with Gasteiger partial charge in [0.15, 0.2) is 0 Å². The molecule has 0 amide bonds. The Labute approximate surface area is 50.6 Å². The van der Waals surface area contributed by atoms with Crippen LogP contribution >= 0.6 is 16.6 Å². The van der Waals surface area contributed by atoms with Gasteiger partial charge in [0.05, 0.1) is 0 Å². The predicted molar refractivity (Wildman–Crippen MR) is 26.7 cm³/mol. The van der Waals surface area contributed by atoms with Gasteiger partial charge < -0.3 is 0 Å². The van der Waals surface area contributed by atoms with Crippen molar-refractivity contribution < 1.29 is 21.4 Å². The lowest BCUT2D eigenvalue weighted by Crippen LogP contribution is -1.97. The fourth-order valence-corrected chi connectivity index (χ4v) is 0.708. The second-order valence-corrected chi connectivity index (χ2v) is 3.95. The van der Waals surface area contributed by atoms with E-state index in [2.05, 4.69) is 0 Å². The van der Waals surface area contributed by atoms with Gasteiger partial charge in [0, 0.05) is 7.05 Å². The van der Waals surface area contributed by atoms with E-state index in [1.54, 1.807) is 0 Å². The molecular formula is CH3F4NOP2. The summed E-state index contributed by atoms with van der Waals surface area (Å²) in [5.74, 6) is 0. The second-order valence-electron chi connectivity index (χ2n) is 1.14. The molecule has 9 heavy (non-hydrogen) atoms. The fraction of sp³-hybridized carbons (Fsp3) is 1.00. The Morgan fingerprint density at radius 2 is 1.78 bits per heavy atom. The largest absolute Gasteiger partial charge is 0.490 e. The van der Waals surface area contributed by atoms with Crippen LogP contribution in [0.3, 0.4) is 0 Å². The molecule has 0 atom stereocenters. The molecule has 0 bridgehead atoms. The number of rotatable bonds is 2. The van der Waals surface area contributed by atoms with Crippen molar-refractivity contribution in [3.8, 4) is 0 Å². The average molecular weight is 183 g/mol. The monoisotopic (exact) mass is 183 g/mol. The van der Waals surface area contributed by atoms with Crippen molar-refractivity contribution in [2.24, 2.45) is 0 Å². The highest BCUT2D eigenvalue weighted by atomic mass is 31.3. The van der Waals surface area contributed by atoms with Crippen molar-refractivity contribution >= 4 is 16.6 Å². The molecule has 0 saturated heterocycles. The summed E-state index contributed by atoms with van der Waals surface area (Å²) in [6.45, 7) is 0. The van der Waals surface area contributed by atoms with Crippen LogP contribution in [0, 0.1) is 0 Å². The SMILES string of the molecule is CN(P(F)F)P(=O)(F)F. The van der Waals surface area contributed by atoms with E-state index in [4.69, 9.17) is 0 Å². The highest BCUT2D eigenvalue weighted by Crippen LogP contribution is 2.64. The molecule has 8 heteroatoms. The van der Waals surface area contributed by atoms with Crippen molar-refractivity contribution in [3.63, 3.8) is 0 Å². The second kappa shape index (κ2) is 2.95. The Morgan fingerprint density at radius 3 is 1.78 bits per heavy atom. The molecule has 0 rings (SSSR count). The summed E-state index contributed by atoms with van der Waals surface area (Å²) in [7, 11) is -9.21. The van der Waals surface area contributed by atoms with Crippen LogP contribution < -0.4 is 0 Å². The smallest absolute Gasteiger partial charge is 0.231 e. The minimum Gasteiger partial charge on any atom is -0.231 e. The summed E-state index contributed by atoms with van der Waals surface area (Å²) in [5, 5.41) is 0. The summed E-state index contributed by atoms with van der Waals surface area (Å²) >= 11 is 0. The Morgan fingerprint density at radius 1 is 1.44 bits per heavy atom. The van der Waals surface area contributed by atoms with Crippen molar-refractivity contribution in [1.82, 2.24) is 4.44 Å². The molecule has 0 fully saturated rings. The third kappa shape index (κ3) is 3.14. The molecule has 2 nitrogen and oxygen atoms in total. The minimum atomic E-state index is -5.70. The van der Waals surface area contributed by atoms with Gasteiger partial charge >= 0.3 is 16.6 Å². The van der Waals surface area contributed by atoms with E-state index in [1.165, 1.54) is 0 Å². The van der Waals surface area contributed by atoms with E-state index in [0.717, 1.165) is 0 Å². The summed E-state index contributed by atoms with van der Waals surface area (Å²) < 4.78 is 54.1. The van der Waals surface area contributed by atoms with Gasteiger partial charge in [-0.15, -0.1) is 12.8 Å². The third-order valence-corrected chi connectivity index (χ3v) is 2.70. The van der Waals surface area contributed by atoms with E-state index in [1.807, 2.05) is 0 Å². The van der Waals surface area contributed by atoms with E-state index in [-0.39, 0.29) is 0 Å². The zero-order chi connectivity index (χ0) is 7.65. The first-order valence-electron chi connectivity index (χ1n) is 1.71. The molecule has 0 saturated carbocycles. The zero-order valence-electron chi connectivity index (χ0n) is 4.26. The van der Waals surface area contributed by atoms with Gasteiger partial charge in [-0.25, -0.2) is 4.57 Å². The molecule has 0 N–H and O–H groups in total. The zero-order valence-corrected chi connectivity index (χ0v) is 6.05. The first-order chi connectivity index (χ1) is 3.85. The first-order valence-corrected chi connectivity index (χ1v) is 4.22. The number of hydrogen-bond acceptors (Lipinski definition) is 1. The maximum atomic E-state index is 11.4. The summed E-state index contributed by atoms with van der Waals surface area (Å²) in [6.07, 6.45) is 0. The van der Waals surface area contributed by atoms with Gasteiger partial charge in [0.2, 0.25) is 0 Å². The van der Waals surface area contributed by atoms with E-state index in [9.17, 15) is 21.4 Å². The molecule has 0 spiro atoms. The highest BCUT2D eigenvalue weighted by molar-refractivity contribution is 7.63. The fourth-order valence-electron chi connectivity index (χ4n) is 0.0787. The lowest BCUT2D eigenvalue weighted by Gasteiger charge is -2.09. The molecule has 56 valence electrons. The van der Waals surface area contributed by atoms with Gasteiger partial charge in [-0.2, -0.15) is 8.39 Å². The molecule has 0 aliphatic heterocycles. The van der Waals surface area contributed by atoms with Gasteiger partial charge in [-0.1, -0.05) is 0 Å². The summed E-state index contributed by atoms with van der Waals surface area (Å²) in [4.78, 5) is 0.